The molecule has 0 heterocycles. The van der Waals surface area contributed by atoms with Gasteiger partial charge in [-0.2, -0.15) is 0 Å². The maximum atomic E-state index is 12.8. The monoisotopic (exact) mass is 905 g/mol. The lowest BCUT2D eigenvalue weighted by molar-refractivity contribution is -0.161. The largest absolute Gasteiger partial charge is 0.472 e. The van der Waals surface area contributed by atoms with E-state index in [0.717, 1.165) is 38.5 Å². The predicted molar refractivity (Wildman–Crippen MR) is 246 cm³/mol. The average molecular weight is 905 g/mol. The van der Waals surface area contributed by atoms with E-state index in [4.69, 9.17) is 33.5 Å². The molecule has 0 saturated heterocycles. The number of hydrogen-bond acceptors (Lipinski definition) is 11. The first-order valence-corrected chi connectivity index (χ1v) is 26.2. The topological polar surface area (TPSA) is 205 Å². The molecule has 0 spiro atoms. The van der Waals surface area contributed by atoms with Crippen LogP contribution in [0.4, 0.5) is 4.79 Å². The molecule has 2 atom stereocenters. The van der Waals surface area contributed by atoms with E-state index in [1.165, 1.54) is 141 Å². The average Bonchev–Trinajstić information content (AvgIpc) is 3.25. The summed E-state index contributed by atoms with van der Waals surface area (Å²) in [6, 6.07) is 0. The number of esters is 2. The minimum absolute atomic E-state index is 0.0475. The summed E-state index contributed by atoms with van der Waals surface area (Å²) in [4.78, 5) is 50.0. The van der Waals surface area contributed by atoms with Crippen LogP contribution < -0.4 is 5.32 Å². The van der Waals surface area contributed by atoms with Gasteiger partial charge in [0.05, 0.1) is 26.4 Å². The van der Waals surface area contributed by atoms with Crippen molar-refractivity contribution in [2.75, 3.05) is 52.7 Å². The molecule has 62 heavy (non-hydrogen) atoms. The molecule has 1 amide bonds. The fraction of sp³-hybridized carbons (Fsp3) is 0.935. The summed E-state index contributed by atoms with van der Waals surface area (Å²) in [6.45, 7) is 3.54. The summed E-state index contributed by atoms with van der Waals surface area (Å²) in [5.41, 5.74) is 8.23. The molecule has 0 radical (unpaired) electrons. The van der Waals surface area contributed by atoms with Crippen molar-refractivity contribution in [3.05, 3.63) is 10.4 Å². The van der Waals surface area contributed by atoms with Crippen LogP contribution >= 0.6 is 7.82 Å². The second-order valence-corrected chi connectivity index (χ2v) is 17.9. The highest BCUT2D eigenvalue weighted by atomic mass is 31.2. The Bertz CT molecular complexity index is 1150. The van der Waals surface area contributed by atoms with Gasteiger partial charge >= 0.3 is 25.9 Å². The van der Waals surface area contributed by atoms with E-state index < -0.39 is 38.6 Å². The molecule has 16 heteroatoms. The first-order chi connectivity index (χ1) is 30.2. The third kappa shape index (κ3) is 45.6. The lowest BCUT2D eigenvalue weighted by atomic mass is 10.0. The van der Waals surface area contributed by atoms with Crippen LogP contribution in [-0.4, -0.2) is 81.8 Å². The molecule has 2 N–H and O–H groups in total. The van der Waals surface area contributed by atoms with Gasteiger partial charge in [-0.05, 0) is 18.4 Å². The summed E-state index contributed by atoms with van der Waals surface area (Å²) in [7, 11) is -4.62. The Morgan fingerprint density at radius 1 is 0.565 bits per heavy atom. The molecule has 2 unspecified atom stereocenters. The number of carbonyl (C=O) groups excluding carboxylic acids is 3. The fourth-order valence-corrected chi connectivity index (χ4v) is 7.68. The molecule has 0 aromatic carbocycles. The summed E-state index contributed by atoms with van der Waals surface area (Å²) in [5.74, 6) is -0.923. The number of phosphoric ester groups is 1. The highest BCUT2D eigenvalue weighted by Crippen LogP contribution is 2.43. The zero-order chi connectivity index (χ0) is 45.5. The standard InChI is InChI=1S/C46H89N4O11P/c1-3-5-7-9-11-13-15-17-19-21-23-25-27-29-31-33-44(51)58-41-43(42-60-62(54,55)59-38-35-48-46(53)57-40-39-56-37-36-49-50-47)61-45(52)34-32-30-28-26-24-22-20-18-16-14-12-10-8-6-4-2/h43H,3-42H2,1-2H3,(H,48,53)(H,54,55). The van der Waals surface area contributed by atoms with Crippen molar-refractivity contribution in [1.82, 2.24) is 5.32 Å². The minimum atomic E-state index is -4.62. The van der Waals surface area contributed by atoms with Gasteiger partial charge in [0, 0.05) is 30.8 Å². The van der Waals surface area contributed by atoms with Gasteiger partial charge in [0.15, 0.2) is 6.10 Å². The Morgan fingerprint density at radius 3 is 1.45 bits per heavy atom. The van der Waals surface area contributed by atoms with Gasteiger partial charge in [0.25, 0.3) is 0 Å². The van der Waals surface area contributed by atoms with Crippen molar-refractivity contribution in [2.24, 2.45) is 5.11 Å². The number of nitrogens with one attached hydrogen (secondary N) is 1. The van der Waals surface area contributed by atoms with Gasteiger partial charge in [-0.15, -0.1) is 0 Å². The van der Waals surface area contributed by atoms with Crippen molar-refractivity contribution in [3.8, 4) is 0 Å². The summed E-state index contributed by atoms with van der Waals surface area (Å²) >= 11 is 0. The van der Waals surface area contributed by atoms with Crippen LogP contribution in [0, 0.1) is 0 Å². The van der Waals surface area contributed by atoms with Crippen molar-refractivity contribution in [1.29, 1.82) is 0 Å². The molecule has 0 saturated carbocycles. The maximum Gasteiger partial charge on any atom is 0.472 e. The minimum Gasteiger partial charge on any atom is -0.462 e. The molecule has 0 aliphatic carbocycles. The van der Waals surface area contributed by atoms with Crippen LogP contribution in [0.3, 0.4) is 0 Å². The SMILES string of the molecule is CCCCCCCCCCCCCCCCCC(=O)OCC(COP(=O)(O)OCCNC(=O)OCCOCCN=[N+]=[N-])OC(=O)CCCCCCCCCCCCCCCCC. The molecule has 0 aromatic rings. The van der Waals surface area contributed by atoms with E-state index in [1.54, 1.807) is 0 Å². The van der Waals surface area contributed by atoms with Gasteiger partial charge < -0.3 is 29.2 Å². The van der Waals surface area contributed by atoms with Gasteiger partial charge in [-0.3, -0.25) is 18.6 Å². The zero-order valence-corrected chi connectivity index (χ0v) is 40.1. The van der Waals surface area contributed by atoms with Crippen molar-refractivity contribution < 1.29 is 51.8 Å². The van der Waals surface area contributed by atoms with Crippen LogP contribution in [0.1, 0.15) is 219 Å². The number of azide groups is 1. The highest BCUT2D eigenvalue weighted by molar-refractivity contribution is 7.47. The molecule has 0 aromatic heterocycles. The summed E-state index contributed by atoms with van der Waals surface area (Å²) < 4.78 is 43.6. The molecule has 15 nitrogen and oxygen atoms in total. The maximum absolute atomic E-state index is 12.8. The fourth-order valence-electron chi connectivity index (χ4n) is 6.93. The summed E-state index contributed by atoms with van der Waals surface area (Å²) in [6.07, 6.45) is 35.1. The van der Waals surface area contributed by atoms with E-state index in [-0.39, 0.29) is 59.0 Å². The quantitative estimate of drug-likeness (QED) is 0.0112. The Kier molecular flexibility index (Phi) is 44.8. The number of alkyl carbamates (subject to hydrolysis) is 1. The van der Waals surface area contributed by atoms with E-state index in [9.17, 15) is 23.8 Å². The molecule has 0 bridgehead atoms. The Hall–Kier alpha value is -2.41. The second kappa shape index (κ2) is 46.6. The van der Waals surface area contributed by atoms with Crippen molar-refractivity contribution in [3.63, 3.8) is 0 Å². The Labute approximate surface area is 375 Å². The third-order valence-electron chi connectivity index (χ3n) is 10.6. The summed E-state index contributed by atoms with van der Waals surface area (Å²) in [5, 5.41) is 5.69. The van der Waals surface area contributed by atoms with Gasteiger partial charge in [0.1, 0.15) is 13.2 Å². The number of carbonyl (C=O) groups is 3. The number of rotatable bonds is 48. The van der Waals surface area contributed by atoms with E-state index in [0.29, 0.717) is 12.8 Å². The smallest absolute Gasteiger partial charge is 0.462 e. The van der Waals surface area contributed by atoms with Gasteiger partial charge in [-0.25, -0.2) is 9.36 Å². The number of ether oxygens (including phenoxy) is 4. The molecule has 0 fully saturated rings. The Morgan fingerprint density at radius 2 is 1.00 bits per heavy atom. The molecule has 364 valence electrons. The predicted octanol–water partition coefficient (Wildman–Crippen LogP) is 13.2. The number of hydrogen-bond donors (Lipinski definition) is 2. The van der Waals surface area contributed by atoms with Crippen LogP contribution in [0.15, 0.2) is 5.11 Å². The van der Waals surface area contributed by atoms with E-state index in [2.05, 4.69) is 29.2 Å². The van der Waals surface area contributed by atoms with Crippen LogP contribution in [0.5, 0.6) is 0 Å². The number of amides is 1. The number of unbranched alkanes of at least 4 members (excludes halogenated alkanes) is 28. The zero-order valence-electron chi connectivity index (χ0n) is 39.2. The molecule has 0 rings (SSSR count). The molecular weight excluding hydrogens is 815 g/mol. The first kappa shape index (κ1) is 59.6. The molecular formula is C46H89N4O11P. The van der Waals surface area contributed by atoms with E-state index >= 15 is 0 Å². The lowest BCUT2D eigenvalue weighted by Gasteiger charge is -2.20. The third-order valence-corrected chi connectivity index (χ3v) is 11.6. The van der Waals surface area contributed by atoms with Gasteiger partial charge in [-0.1, -0.05) is 199 Å². The second-order valence-electron chi connectivity index (χ2n) is 16.4. The molecule has 0 aliphatic heterocycles. The Balaban J connectivity index is 4.50. The molecule has 0 aliphatic rings. The first-order valence-electron chi connectivity index (χ1n) is 24.7. The van der Waals surface area contributed by atoms with Crippen molar-refractivity contribution in [2.45, 2.75) is 225 Å². The van der Waals surface area contributed by atoms with Crippen molar-refractivity contribution >= 4 is 25.9 Å². The van der Waals surface area contributed by atoms with Gasteiger partial charge in [0.2, 0.25) is 0 Å². The van der Waals surface area contributed by atoms with E-state index in [1.807, 2.05) is 0 Å². The van der Waals surface area contributed by atoms with Crippen LogP contribution in [0.25, 0.3) is 10.4 Å². The normalized spacial score (nSPS) is 12.6. The lowest BCUT2D eigenvalue weighted by Crippen LogP contribution is -2.30. The number of nitrogens with zero attached hydrogens (tertiary/aromatic N) is 3. The number of phosphoric acid groups is 1. The van der Waals surface area contributed by atoms with Crippen LogP contribution in [-0.2, 0) is 42.1 Å². The highest BCUT2D eigenvalue weighted by Gasteiger charge is 2.26. The van der Waals surface area contributed by atoms with Crippen LogP contribution in [0.2, 0.25) is 0 Å².